The molecule has 0 aliphatic heterocycles. The van der Waals surface area contributed by atoms with Crippen LogP contribution in [-0.2, 0) is 9.13 Å². The van der Waals surface area contributed by atoms with E-state index in [-0.39, 0.29) is 50.7 Å². The maximum atomic E-state index is 10.1. The van der Waals surface area contributed by atoms with Crippen molar-refractivity contribution in [2.24, 2.45) is 5.73 Å². The Morgan fingerprint density at radius 1 is 1.36 bits per heavy atom. The Hall–Kier alpha value is 1.48. The molecule has 7 N–H and O–H groups in total. The fourth-order valence-electron chi connectivity index (χ4n) is 0.317. The van der Waals surface area contributed by atoms with Crippen molar-refractivity contribution in [2.45, 2.75) is 12.3 Å². The summed E-state index contributed by atoms with van der Waals surface area (Å²) in [4.78, 5) is 30.8. The quantitative estimate of drug-likeness (QED) is 0.240. The molecule has 0 spiro atoms. The molecule has 0 fully saturated rings. The van der Waals surface area contributed by atoms with Gasteiger partial charge in [-0.2, -0.15) is 0 Å². The van der Waals surface area contributed by atoms with Crippen LogP contribution in [0.3, 0.4) is 0 Å². The second-order valence-corrected chi connectivity index (χ2v) is 4.27. The van der Waals surface area contributed by atoms with Crippen molar-refractivity contribution >= 4 is 53.6 Å². The summed E-state index contributed by atoms with van der Waals surface area (Å²) in [5, 5.41) is 8.54. The van der Waals surface area contributed by atoms with Gasteiger partial charge in [-0.15, -0.1) is 0 Å². The van der Waals surface area contributed by atoms with Gasteiger partial charge < -0.3 is 30.4 Å². The molecule has 0 aliphatic carbocycles. The predicted octanol–water partition coefficient (Wildman–Crippen LogP) is -2.72. The number of nitrogens with two attached hydrogens (primary N) is 1. The molecule has 86 valence electrons. The first-order valence-electron chi connectivity index (χ1n) is 3.07. The van der Waals surface area contributed by atoms with Crippen molar-refractivity contribution in [3.05, 3.63) is 0 Å². The average molecular weight is 279 g/mol. The van der Waals surface area contributed by atoms with Gasteiger partial charge in [-0.25, -0.2) is 0 Å². The van der Waals surface area contributed by atoms with Gasteiger partial charge in [0.25, 0.3) is 0 Å². The normalized spacial score (nSPS) is 12.5. The summed E-state index contributed by atoms with van der Waals surface area (Å²) in [5.41, 5.74) is 4.92. The molecule has 11 heteroatoms. The second-order valence-electron chi connectivity index (χ2n) is 1.93. The standard InChI is InChI=1S/C3H10NO4P.Ca.H3O3P.2H/c4-2-1-3(5)9(6,7)8;;1-4(2)3;;/h3,5H,1-2,4H2,(H2,6,7,8);;4H,(H2,1,2,3);;. The molecule has 1 atom stereocenters. The van der Waals surface area contributed by atoms with Crippen LogP contribution in [0, 0.1) is 0 Å². The first-order chi connectivity index (χ1) is 5.71. The van der Waals surface area contributed by atoms with Crippen LogP contribution in [0.25, 0.3) is 0 Å². The molecule has 14 heavy (non-hydrogen) atoms. The summed E-state index contributed by atoms with van der Waals surface area (Å²) in [7, 11) is -7.43. The van der Waals surface area contributed by atoms with Crippen LogP contribution in [0.15, 0.2) is 0 Å². The monoisotopic (exact) mass is 279 g/mol. The van der Waals surface area contributed by atoms with Crippen LogP contribution in [0.1, 0.15) is 6.42 Å². The zero-order valence-electron chi connectivity index (χ0n) is 6.57. The molecule has 1 unspecified atom stereocenters. The first-order valence-corrected chi connectivity index (χ1v) is 6.05. The second kappa shape index (κ2) is 11.0. The van der Waals surface area contributed by atoms with Crippen LogP contribution < -0.4 is 5.73 Å². The molecule has 8 nitrogen and oxygen atoms in total. The van der Waals surface area contributed by atoms with Gasteiger partial charge >= 0.3 is 53.6 Å². The molecule has 0 aromatic rings. The minimum atomic E-state index is -4.30. The fourth-order valence-corrected chi connectivity index (χ4v) is 0.803. The molecule has 0 aliphatic rings. The molecular weight excluding hydrogens is 264 g/mol. The van der Waals surface area contributed by atoms with Crippen molar-refractivity contribution in [3.8, 4) is 0 Å². The number of rotatable bonds is 3. The summed E-state index contributed by atoms with van der Waals surface area (Å²) in [6.45, 7) is 0.0757. The van der Waals surface area contributed by atoms with Crippen molar-refractivity contribution in [1.29, 1.82) is 0 Å². The van der Waals surface area contributed by atoms with Gasteiger partial charge in [0, 0.05) is 0 Å². The van der Waals surface area contributed by atoms with E-state index in [4.69, 9.17) is 35.0 Å². The average Bonchev–Trinajstić information content (AvgIpc) is 1.84. The van der Waals surface area contributed by atoms with E-state index in [9.17, 15) is 4.57 Å². The molecule has 0 amide bonds. The Kier molecular flexibility index (Phi) is 16.3. The van der Waals surface area contributed by atoms with Crippen molar-refractivity contribution in [3.63, 3.8) is 0 Å². The van der Waals surface area contributed by atoms with Gasteiger partial charge in [0.15, 0.2) is 5.85 Å². The van der Waals surface area contributed by atoms with Gasteiger partial charge in [0.2, 0.25) is 0 Å². The Balaban J connectivity index is -0.000000209. The van der Waals surface area contributed by atoms with E-state index in [2.05, 4.69) is 0 Å². The fraction of sp³-hybridized carbons (Fsp3) is 1.00. The summed E-state index contributed by atoms with van der Waals surface area (Å²) in [5.74, 6) is -1.59. The first kappa shape index (κ1) is 20.8. The Morgan fingerprint density at radius 3 is 1.71 bits per heavy atom. The van der Waals surface area contributed by atoms with E-state index in [0.29, 0.717) is 0 Å². The van der Waals surface area contributed by atoms with E-state index < -0.39 is 21.7 Å². The number of hydrogen-bond acceptors (Lipinski definition) is 4. The minimum absolute atomic E-state index is 0. The Labute approximate surface area is 111 Å². The molecule has 0 aromatic carbocycles. The van der Waals surface area contributed by atoms with Crippen LogP contribution in [0.5, 0.6) is 0 Å². The molecular formula is C3H15CaNO7P2. The van der Waals surface area contributed by atoms with Crippen LogP contribution in [-0.4, -0.2) is 74.8 Å². The van der Waals surface area contributed by atoms with E-state index in [1.54, 1.807) is 0 Å². The Morgan fingerprint density at radius 2 is 1.64 bits per heavy atom. The summed E-state index contributed by atoms with van der Waals surface area (Å²) in [6.07, 6.45) is -0.0652. The van der Waals surface area contributed by atoms with E-state index in [1.807, 2.05) is 0 Å². The molecule has 0 aromatic heterocycles. The van der Waals surface area contributed by atoms with Crippen molar-refractivity contribution in [2.75, 3.05) is 6.54 Å². The number of aliphatic hydroxyl groups excluding tert-OH is 1. The zero-order chi connectivity index (χ0) is 11.1. The van der Waals surface area contributed by atoms with Gasteiger partial charge in [-0.1, -0.05) is 0 Å². The molecule has 0 radical (unpaired) electrons. The van der Waals surface area contributed by atoms with Gasteiger partial charge in [-0.05, 0) is 13.0 Å². The van der Waals surface area contributed by atoms with Gasteiger partial charge in [0.1, 0.15) is 0 Å². The van der Waals surface area contributed by atoms with E-state index in [0.717, 1.165) is 0 Å². The summed E-state index contributed by atoms with van der Waals surface area (Å²) in [6, 6.07) is 0. The van der Waals surface area contributed by atoms with Crippen molar-refractivity contribution < 1.29 is 33.8 Å². The predicted molar refractivity (Wildman–Crippen MR) is 53.7 cm³/mol. The number of aliphatic hydroxyl groups is 1. The summed E-state index contributed by atoms with van der Waals surface area (Å²) >= 11 is 0. The zero-order valence-corrected chi connectivity index (χ0v) is 8.46. The number of hydrogen-bond donors (Lipinski definition) is 6. The van der Waals surface area contributed by atoms with Gasteiger partial charge in [-0.3, -0.25) is 9.13 Å². The van der Waals surface area contributed by atoms with Crippen LogP contribution in [0.4, 0.5) is 0 Å². The molecule has 0 heterocycles. The molecule has 0 rings (SSSR count). The van der Waals surface area contributed by atoms with E-state index in [1.165, 1.54) is 0 Å². The molecule has 0 bridgehead atoms. The van der Waals surface area contributed by atoms with Crippen molar-refractivity contribution in [1.82, 2.24) is 0 Å². The molecule has 0 saturated carbocycles. The van der Waals surface area contributed by atoms with Crippen LogP contribution >= 0.6 is 15.9 Å². The van der Waals surface area contributed by atoms with Gasteiger partial charge in [0.05, 0.1) is 0 Å². The Bertz CT molecular complexity index is 191. The van der Waals surface area contributed by atoms with E-state index >= 15 is 0 Å². The summed E-state index contributed by atoms with van der Waals surface area (Å²) < 4.78 is 18.9. The third-order valence-electron chi connectivity index (χ3n) is 0.813. The molecule has 0 saturated heterocycles. The maximum absolute atomic E-state index is 10.1. The van der Waals surface area contributed by atoms with Crippen LogP contribution in [0.2, 0.25) is 0 Å². The topological polar surface area (TPSA) is 161 Å². The third-order valence-corrected chi connectivity index (χ3v) is 1.85. The SMILES string of the molecule is NCCC(O)P(=O)(O)O.O=[PH](O)O.[CaH2]. The third kappa shape index (κ3) is 19.1.